The molecule has 1 heterocycles. The molecule has 3 nitrogen and oxygen atoms in total. The predicted octanol–water partition coefficient (Wildman–Crippen LogP) is 1.72. The van der Waals surface area contributed by atoms with E-state index in [2.05, 4.69) is 4.98 Å². The SMILES string of the molecule is O=C(O)c1ccncc1C(F)F. The van der Waals surface area contributed by atoms with Gasteiger partial charge in [0.05, 0.1) is 11.1 Å². The monoisotopic (exact) mass is 173 g/mol. The van der Waals surface area contributed by atoms with Crippen LogP contribution in [0.1, 0.15) is 22.3 Å². The van der Waals surface area contributed by atoms with Crippen molar-refractivity contribution in [2.75, 3.05) is 0 Å². The molecule has 1 N–H and O–H groups in total. The number of alkyl halides is 2. The topological polar surface area (TPSA) is 50.2 Å². The van der Waals surface area contributed by atoms with Crippen LogP contribution in [0.5, 0.6) is 0 Å². The number of nitrogens with zero attached hydrogens (tertiary/aromatic N) is 1. The van der Waals surface area contributed by atoms with Crippen LogP contribution >= 0.6 is 0 Å². The molecule has 0 aliphatic carbocycles. The summed E-state index contributed by atoms with van der Waals surface area (Å²) in [6, 6.07) is 1.05. The maximum atomic E-state index is 12.1. The smallest absolute Gasteiger partial charge is 0.336 e. The zero-order valence-corrected chi connectivity index (χ0v) is 5.87. The molecule has 0 radical (unpaired) electrons. The van der Waals surface area contributed by atoms with Crippen molar-refractivity contribution in [2.45, 2.75) is 6.43 Å². The van der Waals surface area contributed by atoms with Gasteiger partial charge in [0, 0.05) is 12.4 Å². The van der Waals surface area contributed by atoms with Crippen LogP contribution in [0.4, 0.5) is 8.78 Å². The van der Waals surface area contributed by atoms with Gasteiger partial charge in [-0.15, -0.1) is 0 Å². The van der Waals surface area contributed by atoms with Crippen molar-refractivity contribution >= 4 is 5.97 Å². The van der Waals surface area contributed by atoms with Gasteiger partial charge in [0.25, 0.3) is 6.43 Å². The minimum atomic E-state index is -2.80. The highest BCUT2D eigenvalue weighted by Crippen LogP contribution is 2.21. The van der Waals surface area contributed by atoms with Gasteiger partial charge in [0.15, 0.2) is 0 Å². The largest absolute Gasteiger partial charge is 0.478 e. The summed E-state index contributed by atoms with van der Waals surface area (Å²) in [6.07, 6.45) is -0.784. The minimum absolute atomic E-state index is 0.403. The molecule has 0 aliphatic heterocycles. The maximum Gasteiger partial charge on any atom is 0.336 e. The van der Waals surface area contributed by atoms with Crippen LogP contribution in [0.15, 0.2) is 18.5 Å². The van der Waals surface area contributed by atoms with E-state index < -0.39 is 23.5 Å². The van der Waals surface area contributed by atoms with Crippen molar-refractivity contribution in [2.24, 2.45) is 0 Å². The highest BCUT2D eigenvalue weighted by molar-refractivity contribution is 5.89. The van der Waals surface area contributed by atoms with Crippen LogP contribution < -0.4 is 0 Å². The Hall–Kier alpha value is -1.52. The van der Waals surface area contributed by atoms with Crippen molar-refractivity contribution in [1.29, 1.82) is 0 Å². The fourth-order valence-electron chi connectivity index (χ4n) is 0.775. The lowest BCUT2D eigenvalue weighted by Gasteiger charge is -2.01. The second-order valence-electron chi connectivity index (χ2n) is 2.07. The predicted molar refractivity (Wildman–Crippen MR) is 36.2 cm³/mol. The number of hydrogen-bond donors (Lipinski definition) is 1. The van der Waals surface area contributed by atoms with E-state index in [1.165, 1.54) is 0 Å². The lowest BCUT2D eigenvalue weighted by Crippen LogP contribution is -2.02. The number of rotatable bonds is 2. The molecule has 1 aromatic rings. The van der Waals surface area contributed by atoms with Gasteiger partial charge >= 0.3 is 5.97 Å². The number of aromatic nitrogens is 1. The summed E-state index contributed by atoms with van der Waals surface area (Å²) >= 11 is 0. The van der Waals surface area contributed by atoms with Crippen LogP contribution in [-0.2, 0) is 0 Å². The molecule has 0 bridgehead atoms. The Kier molecular flexibility index (Phi) is 2.32. The number of carboxylic acids is 1. The van der Waals surface area contributed by atoms with Crippen molar-refractivity contribution in [3.05, 3.63) is 29.6 Å². The summed E-state index contributed by atoms with van der Waals surface area (Å²) in [7, 11) is 0. The van der Waals surface area contributed by atoms with Crippen molar-refractivity contribution in [3.8, 4) is 0 Å². The van der Waals surface area contributed by atoms with Crippen molar-refractivity contribution in [3.63, 3.8) is 0 Å². The van der Waals surface area contributed by atoms with Gasteiger partial charge in [-0.3, -0.25) is 4.98 Å². The average molecular weight is 173 g/mol. The summed E-state index contributed by atoms with van der Waals surface area (Å²) in [5.41, 5.74) is -0.954. The first kappa shape index (κ1) is 8.58. The molecule has 0 spiro atoms. The number of aromatic carboxylic acids is 1. The van der Waals surface area contributed by atoms with Crippen LogP contribution in [0.3, 0.4) is 0 Å². The van der Waals surface area contributed by atoms with E-state index in [4.69, 9.17) is 5.11 Å². The third-order valence-corrected chi connectivity index (χ3v) is 1.32. The lowest BCUT2D eigenvalue weighted by atomic mass is 10.1. The number of halogens is 2. The summed E-state index contributed by atoms with van der Waals surface area (Å²) in [4.78, 5) is 13.8. The number of pyridine rings is 1. The molecule has 64 valence electrons. The van der Waals surface area contributed by atoms with Crippen molar-refractivity contribution in [1.82, 2.24) is 4.98 Å². The summed E-state index contributed by atoms with van der Waals surface area (Å²) < 4.78 is 24.2. The Labute approximate surface area is 66.7 Å². The standard InChI is InChI=1S/C7H5F2NO2/c8-6(9)5-3-10-2-1-4(5)7(11)12/h1-3,6H,(H,11,12). The molecular formula is C7H5F2NO2. The Morgan fingerprint density at radius 2 is 2.25 bits per heavy atom. The quantitative estimate of drug-likeness (QED) is 0.740. The molecule has 1 rings (SSSR count). The highest BCUT2D eigenvalue weighted by atomic mass is 19.3. The second-order valence-corrected chi connectivity index (χ2v) is 2.07. The van der Waals surface area contributed by atoms with E-state index in [-0.39, 0.29) is 0 Å². The van der Waals surface area contributed by atoms with Crippen LogP contribution in [-0.4, -0.2) is 16.1 Å². The fraction of sp³-hybridized carbons (Fsp3) is 0.143. The molecule has 12 heavy (non-hydrogen) atoms. The summed E-state index contributed by atoms with van der Waals surface area (Å²) in [6.45, 7) is 0. The van der Waals surface area contributed by atoms with Gasteiger partial charge in [-0.25, -0.2) is 13.6 Å². The van der Waals surface area contributed by atoms with Gasteiger partial charge in [-0.1, -0.05) is 0 Å². The molecule has 0 atom stereocenters. The van der Waals surface area contributed by atoms with Gasteiger partial charge in [-0.05, 0) is 6.07 Å². The van der Waals surface area contributed by atoms with Gasteiger partial charge in [0.2, 0.25) is 0 Å². The molecule has 0 saturated heterocycles. The molecule has 1 aromatic heterocycles. The van der Waals surface area contributed by atoms with Gasteiger partial charge < -0.3 is 5.11 Å². The molecule has 0 aliphatic rings. The van der Waals surface area contributed by atoms with Gasteiger partial charge in [0.1, 0.15) is 0 Å². The molecule has 5 heteroatoms. The zero-order valence-electron chi connectivity index (χ0n) is 5.87. The number of hydrogen-bond acceptors (Lipinski definition) is 2. The van der Waals surface area contributed by atoms with E-state index >= 15 is 0 Å². The molecule has 0 saturated carbocycles. The Balaban J connectivity index is 3.17. The van der Waals surface area contributed by atoms with E-state index in [0.717, 1.165) is 18.5 Å². The van der Waals surface area contributed by atoms with E-state index in [0.29, 0.717) is 0 Å². The third kappa shape index (κ3) is 1.55. The molecule has 0 aromatic carbocycles. The number of carboxylic acid groups (broad SMARTS) is 1. The minimum Gasteiger partial charge on any atom is -0.478 e. The summed E-state index contributed by atoms with van der Waals surface area (Å²) in [5, 5.41) is 8.45. The second kappa shape index (κ2) is 3.25. The fourth-order valence-corrected chi connectivity index (χ4v) is 0.775. The van der Waals surface area contributed by atoms with E-state index in [1.807, 2.05) is 0 Å². The van der Waals surface area contributed by atoms with E-state index in [1.54, 1.807) is 0 Å². The average Bonchev–Trinajstić information content (AvgIpc) is 2.04. The van der Waals surface area contributed by atoms with Crippen LogP contribution in [0.2, 0.25) is 0 Å². The third-order valence-electron chi connectivity index (χ3n) is 1.32. The van der Waals surface area contributed by atoms with Gasteiger partial charge in [-0.2, -0.15) is 0 Å². The molecule has 0 fully saturated rings. The Bertz CT molecular complexity index is 301. The normalized spacial score (nSPS) is 10.2. The first-order valence-corrected chi connectivity index (χ1v) is 3.08. The van der Waals surface area contributed by atoms with Crippen molar-refractivity contribution < 1.29 is 18.7 Å². The Morgan fingerprint density at radius 3 is 2.67 bits per heavy atom. The lowest BCUT2D eigenvalue weighted by molar-refractivity contribution is 0.0684. The first-order chi connectivity index (χ1) is 5.63. The molecule has 0 unspecified atom stereocenters. The zero-order chi connectivity index (χ0) is 9.14. The molecule has 0 amide bonds. The van der Waals surface area contributed by atoms with Crippen LogP contribution in [0.25, 0.3) is 0 Å². The molecular weight excluding hydrogens is 168 g/mol. The summed E-state index contributed by atoms with van der Waals surface area (Å²) in [5.74, 6) is -1.37. The Morgan fingerprint density at radius 1 is 1.58 bits per heavy atom. The first-order valence-electron chi connectivity index (χ1n) is 3.08. The number of carbonyl (C=O) groups is 1. The van der Waals surface area contributed by atoms with E-state index in [9.17, 15) is 13.6 Å². The maximum absolute atomic E-state index is 12.1. The highest BCUT2D eigenvalue weighted by Gasteiger charge is 2.16. The van der Waals surface area contributed by atoms with Crippen LogP contribution in [0, 0.1) is 0 Å².